The quantitative estimate of drug-likeness (QED) is 0.577. The second-order valence-corrected chi connectivity index (χ2v) is 4.20. The highest BCUT2D eigenvalue weighted by molar-refractivity contribution is 5.79. The van der Waals surface area contributed by atoms with Crippen molar-refractivity contribution in [2.45, 2.75) is 38.5 Å². The van der Waals surface area contributed by atoms with Crippen LogP contribution in [0.4, 0.5) is 0 Å². The van der Waals surface area contributed by atoms with E-state index in [1.165, 1.54) is 6.42 Å². The maximum absolute atomic E-state index is 11.2. The lowest BCUT2D eigenvalue weighted by atomic mass is 9.78. The lowest BCUT2D eigenvalue weighted by molar-refractivity contribution is -0.151. The van der Waals surface area contributed by atoms with Crippen molar-refractivity contribution in [3.63, 3.8) is 0 Å². The molecule has 1 N–H and O–H groups in total. The van der Waals surface area contributed by atoms with Crippen LogP contribution in [0, 0.1) is 11.8 Å². The third-order valence-electron chi connectivity index (χ3n) is 3.14. The Morgan fingerprint density at radius 2 is 2.00 bits per heavy atom. The predicted molar refractivity (Wildman–Crippen MR) is 58.6 cm³/mol. The first-order chi connectivity index (χ1) is 7.65. The molecular formula is C12H18O4. The van der Waals surface area contributed by atoms with Crippen molar-refractivity contribution in [1.29, 1.82) is 0 Å². The van der Waals surface area contributed by atoms with Crippen LogP contribution < -0.4 is 0 Å². The molecule has 1 aliphatic carbocycles. The molecule has 0 aromatic carbocycles. The average molecular weight is 226 g/mol. The summed E-state index contributed by atoms with van der Waals surface area (Å²) in [4.78, 5) is 22.3. The second kappa shape index (κ2) is 6.30. The zero-order valence-corrected chi connectivity index (χ0v) is 9.35. The molecule has 90 valence electrons. The van der Waals surface area contributed by atoms with Gasteiger partial charge in [0.25, 0.3) is 0 Å². The Labute approximate surface area is 95.3 Å². The topological polar surface area (TPSA) is 63.6 Å². The minimum atomic E-state index is -0.895. The first kappa shape index (κ1) is 12.7. The number of ether oxygens (including phenoxy) is 1. The molecule has 0 spiro atoms. The highest BCUT2D eigenvalue weighted by atomic mass is 16.5. The average Bonchev–Trinajstić information content (AvgIpc) is 2.27. The molecule has 1 unspecified atom stereocenters. The van der Waals surface area contributed by atoms with Gasteiger partial charge in [-0.3, -0.25) is 9.59 Å². The van der Waals surface area contributed by atoms with Crippen molar-refractivity contribution in [1.82, 2.24) is 0 Å². The van der Waals surface area contributed by atoms with Gasteiger partial charge in [-0.15, -0.1) is 0 Å². The zero-order valence-electron chi connectivity index (χ0n) is 9.35. The predicted octanol–water partition coefficient (Wildman–Crippen LogP) is 2.34. The molecule has 1 saturated carbocycles. The number of carbonyl (C=O) groups is 2. The fourth-order valence-corrected chi connectivity index (χ4v) is 2.31. The van der Waals surface area contributed by atoms with Gasteiger partial charge >= 0.3 is 11.9 Å². The minimum Gasteiger partial charge on any atom is -0.481 e. The standard InChI is InChI=1S/C12H18O4/c1-2-16-11(13)8-10(12(14)15)9-6-4-3-5-7-9/h2,9-10H,1,3-8H2,(H,14,15). The summed E-state index contributed by atoms with van der Waals surface area (Å²) >= 11 is 0. The van der Waals surface area contributed by atoms with Crippen molar-refractivity contribution >= 4 is 11.9 Å². The van der Waals surface area contributed by atoms with Gasteiger partial charge in [0.05, 0.1) is 18.6 Å². The van der Waals surface area contributed by atoms with Crippen LogP contribution in [0.25, 0.3) is 0 Å². The van der Waals surface area contributed by atoms with E-state index in [4.69, 9.17) is 5.11 Å². The van der Waals surface area contributed by atoms with Crippen molar-refractivity contribution < 1.29 is 19.4 Å². The number of carbonyl (C=O) groups excluding carboxylic acids is 1. The van der Waals surface area contributed by atoms with Crippen molar-refractivity contribution in [3.8, 4) is 0 Å². The van der Waals surface area contributed by atoms with E-state index < -0.39 is 17.9 Å². The second-order valence-electron chi connectivity index (χ2n) is 4.20. The molecule has 0 heterocycles. The van der Waals surface area contributed by atoms with Gasteiger partial charge in [0, 0.05) is 0 Å². The van der Waals surface area contributed by atoms with Crippen LogP contribution >= 0.6 is 0 Å². The number of hydrogen-bond acceptors (Lipinski definition) is 3. The SMILES string of the molecule is C=COC(=O)CC(C(=O)O)C1CCCCC1. The number of esters is 1. The Hall–Kier alpha value is -1.32. The summed E-state index contributed by atoms with van der Waals surface area (Å²) in [6.45, 7) is 3.27. The molecule has 0 aromatic heterocycles. The number of hydrogen-bond donors (Lipinski definition) is 1. The molecule has 0 saturated heterocycles. The molecule has 1 atom stereocenters. The fourth-order valence-electron chi connectivity index (χ4n) is 2.31. The molecule has 1 aliphatic rings. The van der Waals surface area contributed by atoms with Gasteiger partial charge in [0.15, 0.2) is 0 Å². The van der Waals surface area contributed by atoms with Crippen LogP contribution in [-0.2, 0) is 14.3 Å². The molecular weight excluding hydrogens is 208 g/mol. The maximum atomic E-state index is 11.2. The van der Waals surface area contributed by atoms with Crippen LogP contribution in [0.2, 0.25) is 0 Å². The van der Waals surface area contributed by atoms with Crippen LogP contribution in [0.15, 0.2) is 12.8 Å². The Kier molecular flexibility index (Phi) is 5.02. The highest BCUT2D eigenvalue weighted by Gasteiger charge is 2.31. The third kappa shape index (κ3) is 3.68. The molecule has 1 fully saturated rings. The van der Waals surface area contributed by atoms with Gasteiger partial charge in [-0.2, -0.15) is 0 Å². The minimum absolute atomic E-state index is 0.0496. The molecule has 0 amide bonds. The lowest BCUT2D eigenvalue weighted by Crippen LogP contribution is -2.28. The molecule has 16 heavy (non-hydrogen) atoms. The summed E-state index contributed by atoms with van der Waals surface area (Å²) in [6.07, 6.45) is 6.08. The van der Waals surface area contributed by atoms with Gasteiger partial charge in [-0.1, -0.05) is 25.8 Å². The third-order valence-corrected chi connectivity index (χ3v) is 3.14. The number of carboxylic acid groups (broad SMARTS) is 1. The first-order valence-electron chi connectivity index (χ1n) is 5.68. The number of aliphatic carboxylic acids is 1. The Balaban J connectivity index is 2.55. The van der Waals surface area contributed by atoms with Gasteiger partial charge in [-0.25, -0.2) is 0 Å². The van der Waals surface area contributed by atoms with Crippen LogP contribution in [0.1, 0.15) is 38.5 Å². The summed E-state index contributed by atoms with van der Waals surface area (Å²) < 4.78 is 4.57. The van der Waals surface area contributed by atoms with Crippen LogP contribution in [-0.4, -0.2) is 17.0 Å². The van der Waals surface area contributed by atoms with E-state index in [9.17, 15) is 9.59 Å². The van der Waals surface area contributed by atoms with Crippen molar-refractivity contribution in [3.05, 3.63) is 12.8 Å². The van der Waals surface area contributed by atoms with Gasteiger partial charge in [-0.05, 0) is 18.8 Å². The molecule has 0 aromatic rings. The molecule has 0 aliphatic heterocycles. The van der Waals surface area contributed by atoms with E-state index in [1.54, 1.807) is 0 Å². The van der Waals surface area contributed by atoms with Crippen molar-refractivity contribution in [2.24, 2.45) is 11.8 Å². The zero-order chi connectivity index (χ0) is 12.0. The first-order valence-corrected chi connectivity index (χ1v) is 5.68. The summed E-state index contributed by atoms with van der Waals surface area (Å²) in [6, 6.07) is 0. The lowest BCUT2D eigenvalue weighted by Gasteiger charge is -2.26. The van der Waals surface area contributed by atoms with E-state index in [-0.39, 0.29) is 12.3 Å². The number of rotatable bonds is 5. The Morgan fingerprint density at radius 1 is 1.38 bits per heavy atom. The molecule has 0 bridgehead atoms. The van der Waals surface area contributed by atoms with E-state index in [2.05, 4.69) is 11.3 Å². The summed E-state index contributed by atoms with van der Waals surface area (Å²) in [7, 11) is 0. The Morgan fingerprint density at radius 3 is 2.50 bits per heavy atom. The highest BCUT2D eigenvalue weighted by Crippen LogP contribution is 2.32. The van der Waals surface area contributed by atoms with Crippen LogP contribution in [0.3, 0.4) is 0 Å². The molecule has 4 nitrogen and oxygen atoms in total. The molecule has 1 rings (SSSR count). The van der Waals surface area contributed by atoms with Crippen molar-refractivity contribution in [2.75, 3.05) is 0 Å². The smallest absolute Gasteiger partial charge is 0.311 e. The normalized spacial score (nSPS) is 18.8. The van der Waals surface area contributed by atoms with E-state index in [0.29, 0.717) is 0 Å². The monoisotopic (exact) mass is 226 g/mol. The fraction of sp³-hybridized carbons (Fsp3) is 0.667. The summed E-state index contributed by atoms with van der Waals surface area (Å²) in [5, 5.41) is 9.11. The maximum Gasteiger partial charge on any atom is 0.311 e. The van der Waals surface area contributed by atoms with E-state index in [1.807, 2.05) is 0 Å². The van der Waals surface area contributed by atoms with Gasteiger partial charge in [0.2, 0.25) is 0 Å². The molecule has 4 heteroatoms. The summed E-state index contributed by atoms with van der Waals surface area (Å²) in [5.41, 5.74) is 0. The Bertz CT molecular complexity index is 266. The van der Waals surface area contributed by atoms with E-state index >= 15 is 0 Å². The van der Waals surface area contributed by atoms with Crippen LogP contribution in [0.5, 0.6) is 0 Å². The summed E-state index contributed by atoms with van der Waals surface area (Å²) in [5.74, 6) is -1.89. The largest absolute Gasteiger partial charge is 0.481 e. The number of carboxylic acids is 1. The van der Waals surface area contributed by atoms with Gasteiger partial charge in [0.1, 0.15) is 0 Å². The van der Waals surface area contributed by atoms with E-state index in [0.717, 1.165) is 31.9 Å². The van der Waals surface area contributed by atoms with Gasteiger partial charge < -0.3 is 9.84 Å². The molecule has 0 radical (unpaired) electrons.